The van der Waals surface area contributed by atoms with Gasteiger partial charge in [0, 0.05) is 24.3 Å². The van der Waals surface area contributed by atoms with E-state index < -0.39 is 0 Å². The van der Waals surface area contributed by atoms with E-state index in [1.807, 2.05) is 30.6 Å². The lowest BCUT2D eigenvalue weighted by Gasteiger charge is -2.14. The van der Waals surface area contributed by atoms with Crippen LogP contribution in [0.15, 0.2) is 71.7 Å². The summed E-state index contributed by atoms with van der Waals surface area (Å²) in [6.07, 6.45) is 3.46. The van der Waals surface area contributed by atoms with E-state index in [1.165, 1.54) is 5.56 Å². The molecule has 5 nitrogen and oxygen atoms in total. The topological polar surface area (TPSA) is 55.9 Å². The number of imidazole rings is 1. The Bertz CT molecular complexity index is 926. The van der Waals surface area contributed by atoms with Crippen LogP contribution in [0, 0.1) is 0 Å². The molecular formula is C19H18N4O. The lowest BCUT2D eigenvalue weighted by atomic mass is 10.1. The highest BCUT2D eigenvalue weighted by molar-refractivity contribution is 5.77. The molecule has 2 aromatic carbocycles. The first-order chi connectivity index (χ1) is 11.8. The third kappa shape index (κ3) is 2.81. The quantitative estimate of drug-likeness (QED) is 0.607. The summed E-state index contributed by atoms with van der Waals surface area (Å²) in [5.74, 6) is 0. The molecule has 0 saturated heterocycles. The number of rotatable bonds is 5. The molecule has 0 spiro atoms. The zero-order valence-corrected chi connectivity index (χ0v) is 13.4. The van der Waals surface area contributed by atoms with Gasteiger partial charge in [0.05, 0.1) is 16.7 Å². The van der Waals surface area contributed by atoms with Crippen molar-refractivity contribution in [1.29, 1.82) is 0 Å². The Labute approximate surface area is 139 Å². The highest BCUT2D eigenvalue weighted by atomic mass is 16.5. The maximum Gasteiger partial charge on any atom is 0.124 e. The monoisotopic (exact) mass is 318 g/mol. The first-order valence-electron chi connectivity index (χ1n) is 7.96. The molecule has 0 radical (unpaired) electrons. The SMILES string of the molecule is CC(NCc1ccon1)c1ccc(-n2cnc3ccccc32)cc1. The fourth-order valence-corrected chi connectivity index (χ4v) is 2.79. The van der Waals surface area contributed by atoms with E-state index in [2.05, 4.69) is 57.3 Å². The van der Waals surface area contributed by atoms with Crippen molar-refractivity contribution in [3.8, 4) is 5.69 Å². The van der Waals surface area contributed by atoms with Crippen LogP contribution in [0.4, 0.5) is 0 Å². The van der Waals surface area contributed by atoms with Crippen molar-refractivity contribution in [1.82, 2.24) is 20.0 Å². The van der Waals surface area contributed by atoms with Crippen molar-refractivity contribution in [2.24, 2.45) is 0 Å². The van der Waals surface area contributed by atoms with Crippen molar-refractivity contribution in [2.75, 3.05) is 0 Å². The van der Waals surface area contributed by atoms with Gasteiger partial charge in [0.15, 0.2) is 0 Å². The van der Waals surface area contributed by atoms with Gasteiger partial charge in [-0.15, -0.1) is 0 Å². The summed E-state index contributed by atoms with van der Waals surface area (Å²) in [7, 11) is 0. The molecule has 1 N–H and O–H groups in total. The van der Waals surface area contributed by atoms with Crippen molar-refractivity contribution < 1.29 is 4.52 Å². The van der Waals surface area contributed by atoms with E-state index in [4.69, 9.17) is 4.52 Å². The van der Waals surface area contributed by atoms with E-state index >= 15 is 0 Å². The predicted molar refractivity (Wildman–Crippen MR) is 92.8 cm³/mol. The van der Waals surface area contributed by atoms with Crippen LogP contribution in [0.2, 0.25) is 0 Å². The number of fused-ring (bicyclic) bond motifs is 1. The third-order valence-corrected chi connectivity index (χ3v) is 4.21. The summed E-state index contributed by atoms with van der Waals surface area (Å²) in [6.45, 7) is 2.83. The van der Waals surface area contributed by atoms with Crippen LogP contribution in [0.25, 0.3) is 16.7 Å². The molecule has 0 bridgehead atoms. The molecule has 4 aromatic rings. The van der Waals surface area contributed by atoms with E-state index in [0.717, 1.165) is 22.4 Å². The summed E-state index contributed by atoms with van der Waals surface area (Å²) in [5.41, 5.74) is 5.36. The highest BCUT2D eigenvalue weighted by Crippen LogP contribution is 2.20. The number of aromatic nitrogens is 3. The Kier molecular flexibility index (Phi) is 3.84. The Hall–Kier alpha value is -2.92. The summed E-state index contributed by atoms with van der Waals surface area (Å²) in [4.78, 5) is 4.45. The smallest absolute Gasteiger partial charge is 0.124 e. The number of hydrogen-bond donors (Lipinski definition) is 1. The van der Waals surface area contributed by atoms with Gasteiger partial charge >= 0.3 is 0 Å². The van der Waals surface area contributed by atoms with E-state index in [-0.39, 0.29) is 6.04 Å². The molecule has 0 saturated carbocycles. The van der Waals surface area contributed by atoms with Gasteiger partial charge in [-0.3, -0.25) is 4.57 Å². The number of hydrogen-bond acceptors (Lipinski definition) is 4. The fraction of sp³-hybridized carbons (Fsp3) is 0.158. The van der Waals surface area contributed by atoms with Crippen LogP contribution < -0.4 is 5.32 Å². The zero-order chi connectivity index (χ0) is 16.4. The van der Waals surface area contributed by atoms with Gasteiger partial charge in [-0.2, -0.15) is 0 Å². The molecule has 0 fully saturated rings. The van der Waals surface area contributed by atoms with Crippen LogP contribution in [0.3, 0.4) is 0 Å². The molecule has 0 aliphatic rings. The molecule has 5 heteroatoms. The van der Waals surface area contributed by atoms with Crippen molar-refractivity contribution in [3.63, 3.8) is 0 Å². The number of para-hydroxylation sites is 2. The van der Waals surface area contributed by atoms with E-state index in [0.29, 0.717) is 6.54 Å². The van der Waals surface area contributed by atoms with Crippen molar-refractivity contribution in [3.05, 3.63) is 78.4 Å². The fourth-order valence-electron chi connectivity index (χ4n) is 2.79. The maximum atomic E-state index is 4.85. The van der Waals surface area contributed by atoms with Crippen LogP contribution in [-0.4, -0.2) is 14.7 Å². The molecule has 2 heterocycles. The summed E-state index contributed by atoms with van der Waals surface area (Å²) in [5, 5.41) is 7.35. The van der Waals surface area contributed by atoms with Gasteiger partial charge in [0.1, 0.15) is 12.6 Å². The second-order valence-corrected chi connectivity index (χ2v) is 5.79. The minimum Gasteiger partial charge on any atom is -0.364 e. The molecule has 1 atom stereocenters. The van der Waals surface area contributed by atoms with Crippen LogP contribution in [0.5, 0.6) is 0 Å². The van der Waals surface area contributed by atoms with Crippen LogP contribution in [0.1, 0.15) is 24.2 Å². The standard InChI is InChI=1S/C19H18N4O/c1-14(20-12-16-10-11-24-22-16)15-6-8-17(9-7-15)23-13-21-18-4-2-3-5-19(18)23/h2-11,13-14,20H,12H2,1H3. The minimum atomic E-state index is 0.232. The van der Waals surface area contributed by atoms with Gasteiger partial charge < -0.3 is 9.84 Å². The Morgan fingerprint density at radius 2 is 1.92 bits per heavy atom. The Morgan fingerprint density at radius 3 is 2.71 bits per heavy atom. The molecule has 1 unspecified atom stereocenters. The van der Waals surface area contributed by atoms with Crippen LogP contribution in [-0.2, 0) is 6.54 Å². The van der Waals surface area contributed by atoms with Gasteiger partial charge in [0.2, 0.25) is 0 Å². The van der Waals surface area contributed by atoms with Crippen molar-refractivity contribution >= 4 is 11.0 Å². The molecule has 0 aliphatic carbocycles. The molecule has 0 amide bonds. The first kappa shape index (κ1) is 14.7. The second kappa shape index (κ2) is 6.29. The minimum absolute atomic E-state index is 0.232. The number of nitrogens with zero attached hydrogens (tertiary/aromatic N) is 3. The zero-order valence-electron chi connectivity index (χ0n) is 13.4. The van der Waals surface area contributed by atoms with Gasteiger partial charge in [-0.05, 0) is 36.8 Å². The maximum absolute atomic E-state index is 4.85. The third-order valence-electron chi connectivity index (χ3n) is 4.21. The van der Waals surface area contributed by atoms with Gasteiger partial charge in [0.25, 0.3) is 0 Å². The summed E-state index contributed by atoms with van der Waals surface area (Å²) >= 11 is 0. The normalized spacial score (nSPS) is 12.5. The molecule has 24 heavy (non-hydrogen) atoms. The lowest BCUT2D eigenvalue weighted by Crippen LogP contribution is -2.18. The van der Waals surface area contributed by atoms with E-state index in [1.54, 1.807) is 6.26 Å². The van der Waals surface area contributed by atoms with Gasteiger partial charge in [-0.25, -0.2) is 4.98 Å². The second-order valence-electron chi connectivity index (χ2n) is 5.79. The summed E-state index contributed by atoms with van der Waals surface area (Å²) < 4.78 is 6.95. The highest BCUT2D eigenvalue weighted by Gasteiger charge is 2.08. The average molecular weight is 318 g/mol. The average Bonchev–Trinajstić information content (AvgIpc) is 3.29. The number of nitrogens with one attached hydrogen (secondary N) is 1. The molecular weight excluding hydrogens is 300 g/mol. The molecule has 0 aliphatic heterocycles. The van der Waals surface area contributed by atoms with Gasteiger partial charge in [-0.1, -0.05) is 29.4 Å². The first-order valence-corrected chi connectivity index (χ1v) is 7.96. The molecule has 2 aromatic heterocycles. The van der Waals surface area contributed by atoms with Crippen molar-refractivity contribution in [2.45, 2.75) is 19.5 Å². The van der Waals surface area contributed by atoms with E-state index in [9.17, 15) is 0 Å². The Morgan fingerprint density at radius 1 is 1.08 bits per heavy atom. The summed E-state index contributed by atoms with van der Waals surface area (Å²) in [6, 6.07) is 18.8. The predicted octanol–water partition coefficient (Wildman–Crippen LogP) is 3.86. The van der Waals surface area contributed by atoms with Crippen LogP contribution >= 0.6 is 0 Å². The lowest BCUT2D eigenvalue weighted by molar-refractivity contribution is 0.406. The number of benzene rings is 2. The molecule has 120 valence electrons. The molecule has 4 rings (SSSR count). The largest absolute Gasteiger partial charge is 0.364 e. The Balaban J connectivity index is 1.52.